The van der Waals surface area contributed by atoms with Crippen molar-refractivity contribution in [3.8, 4) is 0 Å². The smallest absolute Gasteiger partial charge is 0.317 e. The van der Waals surface area contributed by atoms with Crippen molar-refractivity contribution in [2.24, 2.45) is 5.92 Å². The number of urea groups is 1. The number of nitrogens with zero attached hydrogens (tertiary/aromatic N) is 2. The summed E-state index contributed by atoms with van der Waals surface area (Å²) >= 11 is 0. The number of carbonyl (C=O) groups excluding carboxylic acids is 1. The Morgan fingerprint density at radius 3 is 2.37 bits per heavy atom. The second kappa shape index (κ2) is 7.13. The summed E-state index contributed by atoms with van der Waals surface area (Å²) in [6.45, 7) is 3.50. The monoisotopic (exact) mass is 387 g/mol. The van der Waals surface area contributed by atoms with E-state index in [0.29, 0.717) is 37.0 Å². The van der Waals surface area contributed by atoms with Crippen molar-refractivity contribution in [1.29, 1.82) is 0 Å². The molecule has 0 aromatic heterocycles. The predicted octanol–water partition coefficient (Wildman–Crippen LogP) is 2.65. The highest BCUT2D eigenvalue weighted by Crippen LogP contribution is 2.32. The first kappa shape index (κ1) is 18.3. The molecular formula is C20H25N3O3S. The maximum Gasteiger partial charge on any atom is 0.317 e. The van der Waals surface area contributed by atoms with Crippen LogP contribution in [-0.4, -0.2) is 55.9 Å². The Morgan fingerprint density at radius 1 is 1.04 bits per heavy atom. The van der Waals surface area contributed by atoms with Gasteiger partial charge in [0.05, 0.1) is 4.90 Å². The molecular weight excluding hydrogens is 362 g/mol. The molecule has 1 heterocycles. The van der Waals surface area contributed by atoms with E-state index in [9.17, 15) is 13.2 Å². The predicted molar refractivity (Wildman–Crippen MR) is 105 cm³/mol. The van der Waals surface area contributed by atoms with E-state index < -0.39 is 10.0 Å². The summed E-state index contributed by atoms with van der Waals surface area (Å²) in [6.07, 6.45) is 2.36. The van der Waals surface area contributed by atoms with Gasteiger partial charge in [0.2, 0.25) is 10.0 Å². The van der Waals surface area contributed by atoms with Crippen LogP contribution in [0.1, 0.15) is 19.8 Å². The van der Waals surface area contributed by atoms with Crippen molar-refractivity contribution < 1.29 is 13.2 Å². The second-order valence-corrected chi connectivity index (χ2v) is 9.41. The average Bonchev–Trinajstić information content (AvgIpc) is 3.53. The Labute approximate surface area is 160 Å². The van der Waals surface area contributed by atoms with Crippen molar-refractivity contribution in [2.45, 2.75) is 30.7 Å². The molecule has 2 aromatic carbocycles. The van der Waals surface area contributed by atoms with Gasteiger partial charge in [-0.1, -0.05) is 30.3 Å². The lowest BCUT2D eigenvalue weighted by Gasteiger charge is -2.34. The molecule has 1 aliphatic heterocycles. The zero-order chi connectivity index (χ0) is 19.0. The summed E-state index contributed by atoms with van der Waals surface area (Å²) in [5.41, 5.74) is 0. The Bertz CT molecular complexity index is 948. The van der Waals surface area contributed by atoms with Gasteiger partial charge in [0.15, 0.2) is 0 Å². The van der Waals surface area contributed by atoms with E-state index in [2.05, 4.69) is 5.32 Å². The minimum atomic E-state index is -3.55. The highest BCUT2D eigenvalue weighted by molar-refractivity contribution is 7.89. The SMILES string of the molecule is C[C@@H](NC(=O)N1CCN(S(=O)(=O)c2ccc3ccccc3c2)CC1)C1CC1. The van der Waals surface area contributed by atoms with Crippen LogP contribution in [0.25, 0.3) is 10.8 Å². The quantitative estimate of drug-likeness (QED) is 0.877. The molecule has 1 saturated heterocycles. The van der Waals surface area contributed by atoms with Crippen LogP contribution in [0.4, 0.5) is 4.79 Å². The molecule has 2 fully saturated rings. The highest BCUT2D eigenvalue weighted by atomic mass is 32.2. The van der Waals surface area contributed by atoms with Crippen LogP contribution in [0, 0.1) is 5.92 Å². The summed E-state index contributed by atoms with van der Waals surface area (Å²) in [7, 11) is -3.55. The first-order valence-electron chi connectivity index (χ1n) is 9.49. The van der Waals surface area contributed by atoms with E-state index in [0.717, 1.165) is 10.8 Å². The number of hydrogen-bond donors (Lipinski definition) is 1. The van der Waals surface area contributed by atoms with Crippen molar-refractivity contribution in [2.75, 3.05) is 26.2 Å². The van der Waals surface area contributed by atoms with Gasteiger partial charge < -0.3 is 10.2 Å². The molecule has 2 aliphatic rings. The fourth-order valence-electron chi connectivity index (χ4n) is 3.61. The van der Waals surface area contributed by atoms with Gasteiger partial charge in [-0.25, -0.2) is 13.2 Å². The third-order valence-electron chi connectivity index (χ3n) is 5.56. The largest absolute Gasteiger partial charge is 0.335 e. The van der Waals surface area contributed by atoms with Crippen LogP contribution in [0.5, 0.6) is 0 Å². The van der Waals surface area contributed by atoms with Gasteiger partial charge in [-0.05, 0) is 48.6 Å². The standard InChI is InChI=1S/C20H25N3O3S/c1-15(16-6-7-16)21-20(24)22-10-12-23(13-11-22)27(25,26)19-9-8-17-4-2-3-5-18(17)14-19/h2-5,8-9,14-16H,6-7,10-13H2,1H3,(H,21,24)/t15-/m1/s1. The Balaban J connectivity index is 1.42. The van der Waals surface area contributed by atoms with E-state index in [4.69, 9.17) is 0 Å². The number of amides is 2. The first-order chi connectivity index (χ1) is 12.9. The zero-order valence-corrected chi connectivity index (χ0v) is 16.3. The summed E-state index contributed by atoms with van der Waals surface area (Å²) in [6, 6.07) is 13.0. The first-order valence-corrected chi connectivity index (χ1v) is 10.9. The van der Waals surface area contributed by atoms with Gasteiger partial charge in [0, 0.05) is 32.2 Å². The fraction of sp³-hybridized carbons (Fsp3) is 0.450. The van der Waals surface area contributed by atoms with Crippen molar-refractivity contribution >= 4 is 26.8 Å². The van der Waals surface area contributed by atoms with Crippen molar-refractivity contribution in [1.82, 2.24) is 14.5 Å². The zero-order valence-electron chi connectivity index (χ0n) is 15.5. The minimum absolute atomic E-state index is 0.0860. The average molecular weight is 388 g/mol. The van der Waals surface area contributed by atoms with E-state index in [1.54, 1.807) is 17.0 Å². The Hall–Kier alpha value is -2.12. The molecule has 27 heavy (non-hydrogen) atoms. The molecule has 0 unspecified atom stereocenters. The third kappa shape index (κ3) is 3.80. The van der Waals surface area contributed by atoms with Gasteiger partial charge in [-0.15, -0.1) is 0 Å². The number of nitrogens with one attached hydrogen (secondary N) is 1. The molecule has 2 aromatic rings. The van der Waals surface area contributed by atoms with Crippen LogP contribution in [0.15, 0.2) is 47.4 Å². The van der Waals surface area contributed by atoms with Gasteiger partial charge >= 0.3 is 6.03 Å². The van der Waals surface area contributed by atoms with Crippen LogP contribution in [0.2, 0.25) is 0 Å². The van der Waals surface area contributed by atoms with Crippen LogP contribution >= 0.6 is 0 Å². The number of hydrogen-bond acceptors (Lipinski definition) is 3. The number of piperazine rings is 1. The van der Waals surface area contributed by atoms with Crippen LogP contribution in [0.3, 0.4) is 0 Å². The van der Waals surface area contributed by atoms with E-state index in [1.165, 1.54) is 17.1 Å². The van der Waals surface area contributed by atoms with E-state index >= 15 is 0 Å². The van der Waals surface area contributed by atoms with Gasteiger partial charge in [0.25, 0.3) is 0 Å². The van der Waals surface area contributed by atoms with E-state index in [-0.39, 0.29) is 12.1 Å². The van der Waals surface area contributed by atoms with Gasteiger partial charge in [-0.3, -0.25) is 0 Å². The van der Waals surface area contributed by atoms with Gasteiger partial charge in [-0.2, -0.15) is 4.31 Å². The Kier molecular flexibility index (Phi) is 4.82. The number of carbonyl (C=O) groups is 1. The molecule has 1 N–H and O–H groups in total. The lowest BCUT2D eigenvalue weighted by Crippen LogP contribution is -2.54. The maximum absolute atomic E-state index is 13.0. The van der Waals surface area contributed by atoms with Crippen molar-refractivity contribution in [3.63, 3.8) is 0 Å². The topological polar surface area (TPSA) is 69.7 Å². The molecule has 0 spiro atoms. The molecule has 7 heteroatoms. The number of sulfonamides is 1. The number of fused-ring (bicyclic) bond motifs is 1. The molecule has 144 valence electrons. The molecule has 1 aliphatic carbocycles. The summed E-state index contributed by atoms with van der Waals surface area (Å²) in [5, 5.41) is 4.96. The van der Waals surface area contributed by atoms with E-state index in [1.807, 2.05) is 37.3 Å². The lowest BCUT2D eigenvalue weighted by molar-refractivity contribution is 0.168. The molecule has 1 saturated carbocycles. The number of benzene rings is 2. The summed E-state index contributed by atoms with van der Waals surface area (Å²) in [5.74, 6) is 0.600. The minimum Gasteiger partial charge on any atom is -0.335 e. The summed E-state index contributed by atoms with van der Waals surface area (Å²) in [4.78, 5) is 14.4. The molecule has 0 radical (unpaired) electrons. The number of rotatable bonds is 4. The second-order valence-electron chi connectivity index (χ2n) is 7.48. The summed E-state index contributed by atoms with van der Waals surface area (Å²) < 4.78 is 27.5. The van der Waals surface area contributed by atoms with Crippen molar-refractivity contribution in [3.05, 3.63) is 42.5 Å². The molecule has 1 atom stereocenters. The van der Waals surface area contributed by atoms with Crippen LogP contribution < -0.4 is 5.32 Å². The van der Waals surface area contributed by atoms with Gasteiger partial charge in [0.1, 0.15) is 0 Å². The maximum atomic E-state index is 13.0. The molecule has 2 amide bonds. The normalized spacial score (nSPS) is 19.8. The highest BCUT2D eigenvalue weighted by Gasteiger charge is 2.33. The lowest BCUT2D eigenvalue weighted by atomic mass is 10.1. The third-order valence-corrected chi connectivity index (χ3v) is 7.46. The molecule has 4 rings (SSSR count). The molecule has 0 bridgehead atoms. The van der Waals surface area contributed by atoms with Crippen LogP contribution in [-0.2, 0) is 10.0 Å². The molecule has 6 nitrogen and oxygen atoms in total. The Morgan fingerprint density at radius 2 is 1.70 bits per heavy atom. The fourth-order valence-corrected chi connectivity index (χ4v) is 5.07.